The van der Waals surface area contributed by atoms with Crippen molar-refractivity contribution in [3.05, 3.63) is 72.4 Å². The van der Waals surface area contributed by atoms with Gasteiger partial charge in [-0.25, -0.2) is 9.50 Å². The van der Waals surface area contributed by atoms with Crippen LogP contribution in [0.2, 0.25) is 0 Å². The molecule has 1 aromatic carbocycles. The fraction of sp³-hybridized carbons (Fsp3) is 0.320. The second-order valence-corrected chi connectivity index (χ2v) is 8.16. The van der Waals surface area contributed by atoms with Crippen molar-refractivity contribution in [2.24, 2.45) is 0 Å². The first kappa shape index (κ1) is 20.5. The molecule has 0 radical (unpaired) electrons. The van der Waals surface area contributed by atoms with Gasteiger partial charge in [-0.15, -0.1) is 0 Å². The summed E-state index contributed by atoms with van der Waals surface area (Å²) >= 11 is 0. The summed E-state index contributed by atoms with van der Waals surface area (Å²) in [5.41, 5.74) is 4.12. The maximum absolute atomic E-state index is 5.62. The van der Waals surface area contributed by atoms with Gasteiger partial charge in [-0.05, 0) is 55.3 Å². The Labute approximate surface area is 187 Å². The molecule has 0 aliphatic carbocycles. The number of pyridine rings is 2. The van der Waals surface area contributed by atoms with Crippen LogP contribution in [0.1, 0.15) is 30.1 Å². The largest absolute Gasteiger partial charge is 0.493 e. The van der Waals surface area contributed by atoms with E-state index in [-0.39, 0.29) is 0 Å². The van der Waals surface area contributed by atoms with Crippen molar-refractivity contribution in [2.75, 3.05) is 27.3 Å². The molecule has 1 aliphatic heterocycles. The molecular weight excluding hydrogens is 402 g/mol. The molecule has 1 atom stereocenters. The number of piperidine rings is 1. The number of nitrogens with zero attached hydrogens (tertiary/aromatic N) is 5. The number of aromatic nitrogens is 4. The van der Waals surface area contributed by atoms with Gasteiger partial charge in [0.05, 0.1) is 14.2 Å². The van der Waals surface area contributed by atoms with E-state index < -0.39 is 0 Å². The fourth-order valence-corrected chi connectivity index (χ4v) is 4.50. The van der Waals surface area contributed by atoms with E-state index in [1.165, 1.54) is 5.56 Å². The first-order valence-corrected chi connectivity index (χ1v) is 10.9. The Kier molecular flexibility index (Phi) is 5.73. The van der Waals surface area contributed by atoms with Gasteiger partial charge in [0.2, 0.25) is 0 Å². The Morgan fingerprint density at radius 3 is 2.72 bits per heavy atom. The van der Waals surface area contributed by atoms with Gasteiger partial charge < -0.3 is 9.47 Å². The zero-order valence-electron chi connectivity index (χ0n) is 18.4. The molecule has 0 unspecified atom stereocenters. The number of ether oxygens (including phenoxy) is 2. The lowest BCUT2D eigenvalue weighted by molar-refractivity contribution is 0.196. The Morgan fingerprint density at radius 2 is 1.91 bits per heavy atom. The normalized spacial score (nSPS) is 16.9. The minimum Gasteiger partial charge on any atom is -0.493 e. The van der Waals surface area contributed by atoms with Gasteiger partial charge in [-0.2, -0.15) is 5.10 Å². The monoisotopic (exact) mass is 429 g/mol. The number of rotatable bonds is 6. The van der Waals surface area contributed by atoms with Gasteiger partial charge in [0, 0.05) is 48.7 Å². The fourth-order valence-electron chi connectivity index (χ4n) is 4.50. The van der Waals surface area contributed by atoms with Crippen molar-refractivity contribution in [1.82, 2.24) is 24.5 Å². The van der Waals surface area contributed by atoms with Crippen molar-refractivity contribution >= 4 is 5.65 Å². The molecular formula is C25H27N5O2. The van der Waals surface area contributed by atoms with Crippen LogP contribution in [-0.2, 0) is 6.54 Å². The molecule has 0 spiro atoms. The highest BCUT2D eigenvalue weighted by atomic mass is 16.5. The van der Waals surface area contributed by atoms with Gasteiger partial charge in [0.15, 0.2) is 23.0 Å². The number of para-hydroxylation sites is 1. The van der Waals surface area contributed by atoms with Gasteiger partial charge in [-0.1, -0.05) is 12.1 Å². The van der Waals surface area contributed by atoms with Crippen LogP contribution >= 0.6 is 0 Å². The van der Waals surface area contributed by atoms with Crippen LogP contribution in [0.4, 0.5) is 0 Å². The van der Waals surface area contributed by atoms with Crippen LogP contribution in [-0.4, -0.2) is 51.8 Å². The maximum Gasteiger partial charge on any atom is 0.168 e. The summed E-state index contributed by atoms with van der Waals surface area (Å²) in [5.74, 6) is 2.68. The predicted octanol–water partition coefficient (Wildman–Crippen LogP) is 4.19. The summed E-state index contributed by atoms with van der Waals surface area (Å²) in [4.78, 5) is 11.5. The molecule has 164 valence electrons. The summed E-state index contributed by atoms with van der Waals surface area (Å²) in [6.07, 6.45) is 7.99. The third-order valence-corrected chi connectivity index (χ3v) is 6.09. The van der Waals surface area contributed by atoms with E-state index in [1.807, 2.05) is 47.4 Å². The first-order chi connectivity index (χ1) is 15.7. The third-order valence-electron chi connectivity index (χ3n) is 6.09. The van der Waals surface area contributed by atoms with Crippen LogP contribution in [0, 0.1) is 0 Å². The van der Waals surface area contributed by atoms with Crippen LogP contribution in [0.3, 0.4) is 0 Å². The second-order valence-electron chi connectivity index (χ2n) is 8.16. The molecule has 0 saturated carbocycles. The Bertz CT molecular complexity index is 1210. The summed E-state index contributed by atoms with van der Waals surface area (Å²) in [6, 6.07) is 14.1. The van der Waals surface area contributed by atoms with Crippen LogP contribution < -0.4 is 9.47 Å². The predicted molar refractivity (Wildman–Crippen MR) is 123 cm³/mol. The Hall–Kier alpha value is -3.45. The molecule has 7 heteroatoms. The van der Waals surface area contributed by atoms with E-state index in [1.54, 1.807) is 14.2 Å². The number of hydrogen-bond donors (Lipinski definition) is 0. The lowest BCUT2D eigenvalue weighted by Gasteiger charge is -2.31. The van der Waals surface area contributed by atoms with Gasteiger partial charge in [0.1, 0.15) is 0 Å². The average molecular weight is 430 g/mol. The molecule has 5 rings (SSSR count). The second kappa shape index (κ2) is 8.96. The SMILES string of the molecule is COc1cccc(-c2ccc3nc([C@@H]4CCCN(Cc5ccncc5)C4)nn3c2)c1OC. The zero-order chi connectivity index (χ0) is 21.9. The quantitative estimate of drug-likeness (QED) is 0.458. The molecule has 7 nitrogen and oxygen atoms in total. The molecule has 0 N–H and O–H groups in total. The number of likely N-dealkylation sites (tertiary alicyclic amines) is 1. The summed E-state index contributed by atoms with van der Waals surface area (Å²) in [6.45, 7) is 3.01. The number of methoxy groups -OCH3 is 2. The summed E-state index contributed by atoms with van der Waals surface area (Å²) in [7, 11) is 3.31. The molecule has 0 bridgehead atoms. The highest BCUT2D eigenvalue weighted by molar-refractivity contribution is 5.74. The van der Waals surface area contributed by atoms with E-state index in [9.17, 15) is 0 Å². The van der Waals surface area contributed by atoms with Crippen molar-refractivity contribution in [3.63, 3.8) is 0 Å². The molecule has 1 saturated heterocycles. The van der Waals surface area contributed by atoms with Crippen molar-refractivity contribution in [2.45, 2.75) is 25.3 Å². The third kappa shape index (κ3) is 4.03. The van der Waals surface area contributed by atoms with E-state index >= 15 is 0 Å². The van der Waals surface area contributed by atoms with Gasteiger partial charge >= 0.3 is 0 Å². The standard InChI is InChI=1S/C25H27N5O2/c1-31-22-7-3-6-21(24(22)32-2)19-8-9-23-27-25(28-30(23)17-19)20-5-4-14-29(16-20)15-18-10-12-26-13-11-18/h3,6-13,17,20H,4-5,14-16H2,1-2H3/t20-/m1/s1. The Morgan fingerprint density at radius 1 is 1.03 bits per heavy atom. The summed E-state index contributed by atoms with van der Waals surface area (Å²) < 4.78 is 12.9. The lowest BCUT2D eigenvalue weighted by Crippen LogP contribution is -2.34. The molecule has 1 aliphatic rings. The summed E-state index contributed by atoms with van der Waals surface area (Å²) in [5, 5.41) is 4.86. The van der Waals surface area contributed by atoms with Crippen molar-refractivity contribution in [3.8, 4) is 22.6 Å². The van der Waals surface area contributed by atoms with Crippen LogP contribution in [0.5, 0.6) is 11.5 Å². The highest BCUT2D eigenvalue weighted by Crippen LogP contribution is 2.37. The number of benzene rings is 1. The molecule has 1 fully saturated rings. The number of fused-ring (bicyclic) bond motifs is 1. The van der Waals surface area contributed by atoms with E-state index in [0.29, 0.717) is 17.4 Å². The van der Waals surface area contributed by atoms with E-state index in [4.69, 9.17) is 19.6 Å². The van der Waals surface area contributed by atoms with E-state index in [0.717, 1.165) is 55.1 Å². The molecule has 4 heterocycles. The topological polar surface area (TPSA) is 64.8 Å². The average Bonchev–Trinajstić information content (AvgIpc) is 3.28. The zero-order valence-corrected chi connectivity index (χ0v) is 18.4. The molecule has 0 amide bonds. The van der Waals surface area contributed by atoms with Gasteiger partial charge in [-0.3, -0.25) is 9.88 Å². The highest BCUT2D eigenvalue weighted by Gasteiger charge is 2.25. The molecule has 3 aromatic heterocycles. The van der Waals surface area contributed by atoms with Crippen molar-refractivity contribution < 1.29 is 9.47 Å². The first-order valence-electron chi connectivity index (χ1n) is 10.9. The molecule has 4 aromatic rings. The van der Waals surface area contributed by atoms with Crippen LogP contribution in [0.15, 0.2) is 61.1 Å². The van der Waals surface area contributed by atoms with Gasteiger partial charge in [0.25, 0.3) is 0 Å². The van der Waals surface area contributed by atoms with Crippen LogP contribution in [0.25, 0.3) is 16.8 Å². The van der Waals surface area contributed by atoms with Crippen molar-refractivity contribution in [1.29, 1.82) is 0 Å². The lowest BCUT2D eigenvalue weighted by atomic mass is 9.97. The van der Waals surface area contributed by atoms with E-state index in [2.05, 4.69) is 28.1 Å². The number of hydrogen-bond acceptors (Lipinski definition) is 6. The minimum absolute atomic E-state index is 0.334. The molecule has 32 heavy (non-hydrogen) atoms. The minimum atomic E-state index is 0.334. The smallest absolute Gasteiger partial charge is 0.168 e. The maximum atomic E-state index is 5.62. The Balaban J connectivity index is 1.40.